The average Bonchev–Trinajstić information content (AvgIpc) is 2.14. The smallest absolute Gasteiger partial charge is 0.0641 e. The van der Waals surface area contributed by atoms with Crippen LogP contribution in [0.4, 0.5) is 5.69 Å². The van der Waals surface area contributed by atoms with Crippen LogP contribution in [-0.2, 0) is 0 Å². The summed E-state index contributed by atoms with van der Waals surface area (Å²) in [5.41, 5.74) is 3.24. The van der Waals surface area contributed by atoms with Gasteiger partial charge in [0.25, 0.3) is 0 Å². The molecule has 0 spiro atoms. The van der Waals surface area contributed by atoms with E-state index in [0.29, 0.717) is 16.6 Å². The zero-order valence-corrected chi connectivity index (χ0v) is 9.92. The Balaban J connectivity index is 2.81. The Labute approximate surface area is 98.7 Å². The molecule has 0 bridgehead atoms. The summed E-state index contributed by atoms with van der Waals surface area (Å²) in [7, 11) is 0. The standard InChI is InChI=1S/C10H10Cl3N/c1-7-5-9(13)10(6-8(7)12)14-4-2-3-11/h2-3,5-6,14H,4H2,1H3/b3-2+. The molecule has 0 aliphatic heterocycles. The second kappa shape index (κ2) is 5.50. The fourth-order valence-electron chi connectivity index (χ4n) is 0.995. The maximum atomic E-state index is 6.00. The van der Waals surface area contributed by atoms with E-state index in [2.05, 4.69) is 5.32 Å². The van der Waals surface area contributed by atoms with E-state index in [9.17, 15) is 0 Å². The summed E-state index contributed by atoms with van der Waals surface area (Å²) in [6.45, 7) is 2.54. The van der Waals surface area contributed by atoms with Crippen LogP contribution in [0.5, 0.6) is 0 Å². The van der Waals surface area contributed by atoms with Gasteiger partial charge in [-0.25, -0.2) is 0 Å². The number of nitrogens with one attached hydrogen (secondary N) is 1. The van der Waals surface area contributed by atoms with Crippen LogP contribution in [0.2, 0.25) is 10.0 Å². The van der Waals surface area contributed by atoms with Gasteiger partial charge in [-0.1, -0.05) is 40.9 Å². The lowest BCUT2D eigenvalue weighted by Gasteiger charge is -2.08. The summed E-state index contributed by atoms with van der Waals surface area (Å²) >= 11 is 17.3. The Kier molecular flexibility index (Phi) is 4.59. The first kappa shape index (κ1) is 11.7. The normalized spacial score (nSPS) is 10.9. The zero-order valence-electron chi connectivity index (χ0n) is 7.65. The predicted molar refractivity (Wildman–Crippen MR) is 64.7 cm³/mol. The third kappa shape index (κ3) is 3.09. The summed E-state index contributed by atoms with van der Waals surface area (Å²) in [4.78, 5) is 0. The summed E-state index contributed by atoms with van der Waals surface area (Å²) in [6.07, 6.45) is 1.78. The minimum Gasteiger partial charge on any atom is -0.380 e. The fourth-order valence-corrected chi connectivity index (χ4v) is 1.53. The van der Waals surface area contributed by atoms with Gasteiger partial charge in [0, 0.05) is 17.1 Å². The maximum Gasteiger partial charge on any atom is 0.0641 e. The van der Waals surface area contributed by atoms with Crippen molar-refractivity contribution in [3.05, 3.63) is 39.4 Å². The first-order valence-electron chi connectivity index (χ1n) is 4.10. The average molecular weight is 251 g/mol. The van der Waals surface area contributed by atoms with Crippen molar-refractivity contribution in [1.29, 1.82) is 0 Å². The molecule has 0 saturated carbocycles. The molecule has 4 heteroatoms. The second-order valence-corrected chi connectivity index (χ2v) is 3.89. The molecule has 1 N–H and O–H groups in total. The Morgan fingerprint density at radius 2 is 2.00 bits per heavy atom. The van der Waals surface area contributed by atoms with Crippen LogP contribution < -0.4 is 5.32 Å². The van der Waals surface area contributed by atoms with Crippen LogP contribution in [0.15, 0.2) is 23.7 Å². The molecular formula is C10H10Cl3N. The molecule has 0 amide bonds. The highest BCUT2D eigenvalue weighted by molar-refractivity contribution is 6.35. The molecular weight excluding hydrogens is 240 g/mol. The SMILES string of the molecule is Cc1cc(Cl)c(NC/C=C/Cl)cc1Cl. The quantitative estimate of drug-likeness (QED) is 0.835. The van der Waals surface area contributed by atoms with Crippen LogP contribution in [-0.4, -0.2) is 6.54 Å². The van der Waals surface area contributed by atoms with Gasteiger partial charge in [-0.2, -0.15) is 0 Å². The van der Waals surface area contributed by atoms with Gasteiger partial charge in [0.2, 0.25) is 0 Å². The molecule has 76 valence electrons. The van der Waals surface area contributed by atoms with E-state index in [0.717, 1.165) is 11.3 Å². The molecule has 1 aromatic carbocycles. The van der Waals surface area contributed by atoms with E-state index in [1.165, 1.54) is 5.54 Å². The van der Waals surface area contributed by atoms with Gasteiger partial charge in [-0.3, -0.25) is 0 Å². The predicted octanol–water partition coefficient (Wildman–Crippen LogP) is 4.47. The molecule has 0 aliphatic carbocycles. The summed E-state index contributed by atoms with van der Waals surface area (Å²) in [6, 6.07) is 3.64. The van der Waals surface area contributed by atoms with E-state index in [1.54, 1.807) is 12.1 Å². The first-order valence-corrected chi connectivity index (χ1v) is 5.29. The van der Waals surface area contributed by atoms with Gasteiger partial charge in [0.1, 0.15) is 0 Å². The van der Waals surface area contributed by atoms with Crippen molar-refractivity contribution in [2.75, 3.05) is 11.9 Å². The Hall–Kier alpha value is -0.370. The number of aryl methyl sites for hydroxylation is 1. The first-order chi connectivity index (χ1) is 6.65. The summed E-state index contributed by atoms with van der Waals surface area (Å²) in [5.74, 6) is 0. The molecule has 0 aromatic heterocycles. The highest BCUT2D eigenvalue weighted by Gasteiger charge is 2.02. The largest absolute Gasteiger partial charge is 0.380 e. The topological polar surface area (TPSA) is 12.0 Å². The van der Waals surface area contributed by atoms with Crippen LogP contribution >= 0.6 is 34.8 Å². The van der Waals surface area contributed by atoms with E-state index in [-0.39, 0.29) is 0 Å². The van der Waals surface area contributed by atoms with Crippen LogP contribution in [0, 0.1) is 6.92 Å². The lowest BCUT2D eigenvalue weighted by Crippen LogP contribution is -1.98. The second-order valence-electron chi connectivity index (χ2n) is 2.82. The van der Waals surface area contributed by atoms with Gasteiger partial charge in [-0.05, 0) is 24.6 Å². The van der Waals surface area contributed by atoms with Crippen molar-refractivity contribution in [1.82, 2.24) is 0 Å². The molecule has 0 atom stereocenters. The van der Waals surface area contributed by atoms with Crippen LogP contribution in [0.3, 0.4) is 0 Å². The number of hydrogen-bond acceptors (Lipinski definition) is 1. The maximum absolute atomic E-state index is 6.00. The van der Waals surface area contributed by atoms with Gasteiger partial charge >= 0.3 is 0 Å². The highest BCUT2D eigenvalue weighted by Crippen LogP contribution is 2.28. The van der Waals surface area contributed by atoms with Crippen molar-refractivity contribution in [2.45, 2.75) is 6.92 Å². The lowest BCUT2D eigenvalue weighted by molar-refractivity contribution is 1.33. The van der Waals surface area contributed by atoms with Gasteiger partial charge < -0.3 is 5.32 Å². The van der Waals surface area contributed by atoms with Gasteiger partial charge in [-0.15, -0.1) is 0 Å². The molecule has 1 rings (SSSR count). The Bertz CT molecular complexity index is 347. The van der Waals surface area contributed by atoms with Gasteiger partial charge in [0.15, 0.2) is 0 Å². The van der Waals surface area contributed by atoms with Crippen molar-refractivity contribution in [3.63, 3.8) is 0 Å². The Morgan fingerprint density at radius 3 is 2.64 bits per heavy atom. The molecule has 0 saturated heterocycles. The highest BCUT2D eigenvalue weighted by atomic mass is 35.5. The lowest BCUT2D eigenvalue weighted by atomic mass is 10.2. The van der Waals surface area contributed by atoms with Crippen LogP contribution in [0.25, 0.3) is 0 Å². The molecule has 1 aromatic rings. The number of hydrogen-bond donors (Lipinski definition) is 1. The minimum atomic E-state index is 0.628. The van der Waals surface area contributed by atoms with Crippen molar-refractivity contribution >= 4 is 40.5 Å². The molecule has 0 radical (unpaired) electrons. The zero-order chi connectivity index (χ0) is 10.6. The summed E-state index contributed by atoms with van der Waals surface area (Å²) < 4.78 is 0. The van der Waals surface area contributed by atoms with Crippen LogP contribution in [0.1, 0.15) is 5.56 Å². The van der Waals surface area contributed by atoms with E-state index < -0.39 is 0 Å². The molecule has 0 unspecified atom stereocenters. The van der Waals surface area contributed by atoms with Crippen molar-refractivity contribution in [2.24, 2.45) is 0 Å². The number of benzene rings is 1. The van der Waals surface area contributed by atoms with Gasteiger partial charge in [0.05, 0.1) is 10.7 Å². The van der Waals surface area contributed by atoms with Crippen molar-refractivity contribution in [3.8, 4) is 0 Å². The number of halogens is 3. The molecule has 1 nitrogen and oxygen atoms in total. The monoisotopic (exact) mass is 249 g/mol. The number of rotatable bonds is 3. The Morgan fingerprint density at radius 1 is 1.29 bits per heavy atom. The molecule has 0 aliphatic rings. The molecule has 0 fully saturated rings. The van der Waals surface area contributed by atoms with E-state index in [4.69, 9.17) is 34.8 Å². The molecule has 0 heterocycles. The fraction of sp³-hybridized carbons (Fsp3) is 0.200. The third-order valence-corrected chi connectivity index (χ3v) is 2.65. The van der Waals surface area contributed by atoms with Crippen molar-refractivity contribution < 1.29 is 0 Å². The van der Waals surface area contributed by atoms with E-state index in [1.807, 2.05) is 13.0 Å². The third-order valence-electron chi connectivity index (χ3n) is 1.75. The van der Waals surface area contributed by atoms with E-state index >= 15 is 0 Å². The number of anilines is 1. The summed E-state index contributed by atoms with van der Waals surface area (Å²) in [5, 5.41) is 4.46. The molecule has 14 heavy (non-hydrogen) atoms. The minimum absolute atomic E-state index is 0.628.